The zero-order valence-electron chi connectivity index (χ0n) is 11.8. The van der Waals surface area contributed by atoms with E-state index in [0.717, 1.165) is 23.2 Å². The summed E-state index contributed by atoms with van der Waals surface area (Å²) in [4.78, 5) is 4.21. The first-order valence-corrected chi connectivity index (χ1v) is 7.49. The summed E-state index contributed by atoms with van der Waals surface area (Å²) in [5, 5.41) is 3.51. The van der Waals surface area contributed by atoms with E-state index in [1.165, 1.54) is 11.1 Å². The number of aromatic nitrogens is 1. The standard InChI is InChI=1S/C16H19BrN2O/c1-3-19-16(12-5-4-8-18-11-12)10-13-9-14(20-2)6-7-15(13)17/h4-9,11,16,19H,3,10H2,1-2H3. The molecule has 0 fully saturated rings. The van der Waals surface area contributed by atoms with Crippen LogP contribution in [-0.2, 0) is 6.42 Å². The van der Waals surface area contributed by atoms with Crippen molar-refractivity contribution >= 4 is 15.9 Å². The van der Waals surface area contributed by atoms with E-state index in [9.17, 15) is 0 Å². The molecule has 0 saturated carbocycles. The van der Waals surface area contributed by atoms with Gasteiger partial charge in [0.05, 0.1) is 7.11 Å². The van der Waals surface area contributed by atoms with Gasteiger partial charge >= 0.3 is 0 Å². The highest BCUT2D eigenvalue weighted by atomic mass is 79.9. The topological polar surface area (TPSA) is 34.1 Å². The van der Waals surface area contributed by atoms with Crippen molar-refractivity contribution in [1.29, 1.82) is 0 Å². The molecule has 0 aliphatic rings. The molecule has 2 rings (SSSR count). The minimum absolute atomic E-state index is 0.247. The Morgan fingerprint density at radius 3 is 2.85 bits per heavy atom. The molecule has 0 radical (unpaired) electrons. The van der Waals surface area contributed by atoms with Gasteiger partial charge in [-0.3, -0.25) is 4.98 Å². The normalized spacial score (nSPS) is 12.2. The minimum atomic E-state index is 0.247. The van der Waals surface area contributed by atoms with Gasteiger partial charge in [0.25, 0.3) is 0 Å². The van der Waals surface area contributed by atoms with Gasteiger partial charge in [-0.15, -0.1) is 0 Å². The molecule has 0 spiro atoms. The van der Waals surface area contributed by atoms with E-state index in [0.29, 0.717) is 0 Å². The highest BCUT2D eigenvalue weighted by Crippen LogP contribution is 2.27. The van der Waals surface area contributed by atoms with E-state index < -0.39 is 0 Å². The van der Waals surface area contributed by atoms with Crippen LogP contribution in [0.1, 0.15) is 24.1 Å². The van der Waals surface area contributed by atoms with Gasteiger partial charge in [0, 0.05) is 22.9 Å². The SMILES string of the molecule is CCNC(Cc1cc(OC)ccc1Br)c1cccnc1. The number of ether oxygens (including phenoxy) is 1. The quantitative estimate of drug-likeness (QED) is 0.873. The van der Waals surface area contributed by atoms with Crippen LogP contribution in [0.5, 0.6) is 5.75 Å². The van der Waals surface area contributed by atoms with Crippen LogP contribution in [-0.4, -0.2) is 18.6 Å². The maximum atomic E-state index is 5.30. The van der Waals surface area contributed by atoms with Gasteiger partial charge in [0.2, 0.25) is 0 Å². The number of hydrogen-bond acceptors (Lipinski definition) is 3. The molecule has 20 heavy (non-hydrogen) atoms. The Bertz CT molecular complexity index is 545. The van der Waals surface area contributed by atoms with Gasteiger partial charge < -0.3 is 10.1 Å². The second kappa shape index (κ2) is 7.41. The van der Waals surface area contributed by atoms with Crippen LogP contribution in [0, 0.1) is 0 Å². The van der Waals surface area contributed by atoms with Crippen LogP contribution in [0.4, 0.5) is 0 Å². The number of hydrogen-bond donors (Lipinski definition) is 1. The molecule has 106 valence electrons. The van der Waals surface area contributed by atoms with Gasteiger partial charge in [-0.1, -0.05) is 28.9 Å². The summed E-state index contributed by atoms with van der Waals surface area (Å²) in [6.45, 7) is 3.03. The number of rotatable bonds is 6. The number of nitrogens with one attached hydrogen (secondary N) is 1. The number of pyridine rings is 1. The summed E-state index contributed by atoms with van der Waals surface area (Å²) in [7, 11) is 1.69. The molecule has 3 nitrogen and oxygen atoms in total. The van der Waals surface area contributed by atoms with Gasteiger partial charge in [-0.25, -0.2) is 0 Å². The monoisotopic (exact) mass is 334 g/mol. The third-order valence-electron chi connectivity index (χ3n) is 3.21. The van der Waals surface area contributed by atoms with Crippen LogP contribution < -0.4 is 10.1 Å². The van der Waals surface area contributed by atoms with Crippen molar-refractivity contribution in [2.75, 3.05) is 13.7 Å². The van der Waals surface area contributed by atoms with Crippen molar-refractivity contribution in [2.24, 2.45) is 0 Å². The molecule has 4 heteroatoms. The van der Waals surface area contributed by atoms with Crippen molar-refractivity contribution in [3.05, 3.63) is 58.3 Å². The first kappa shape index (κ1) is 15.0. The summed E-state index contributed by atoms with van der Waals surface area (Å²) in [6, 6.07) is 10.4. The Kier molecular flexibility index (Phi) is 5.56. The molecule has 1 unspecified atom stereocenters. The fraction of sp³-hybridized carbons (Fsp3) is 0.312. The number of benzene rings is 1. The van der Waals surface area contributed by atoms with Gasteiger partial charge in [-0.2, -0.15) is 0 Å². The molecule has 1 aromatic heterocycles. The largest absolute Gasteiger partial charge is 0.497 e. The third kappa shape index (κ3) is 3.81. The lowest BCUT2D eigenvalue weighted by molar-refractivity contribution is 0.413. The Morgan fingerprint density at radius 1 is 1.35 bits per heavy atom. The molecule has 0 aliphatic heterocycles. The van der Waals surface area contributed by atoms with Crippen molar-refractivity contribution in [3.63, 3.8) is 0 Å². The summed E-state index contributed by atoms with van der Waals surface area (Å²) in [6.07, 6.45) is 4.60. The molecule has 0 bridgehead atoms. The third-order valence-corrected chi connectivity index (χ3v) is 3.99. The predicted octanol–water partition coefficient (Wildman–Crippen LogP) is 3.75. The zero-order chi connectivity index (χ0) is 14.4. The number of halogens is 1. The van der Waals surface area contributed by atoms with Gasteiger partial charge in [0.15, 0.2) is 0 Å². The van der Waals surface area contributed by atoms with E-state index in [4.69, 9.17) is 4.74 Å². The summed E-state index contributed by atoms with van der Waals surface area (Å²) < 4.78 is 6.41. The van der Waals surface area contributed by atoms with E-state index >= 15 is 0 Å². The second-order valence-electron chi connectivity index (χ2n) is 4.56. The van der Waals surface area contributed by atoms with Crippen LogP contribution in [0.3, 0.4) is 0 Å². The Labute approximate surface area is 128 Å². The minimum Gasteiger partial charge on any atom is -0.497 e. The van der Waals surface area contributed by atoms with E-state index in [-0.39, 0.29) is 6.04 Å². The number of likely N-dealkylation sites (N-methyl/N-ethyl adjacent to an activating group) is 1. The Morgan fingerprint density at radius 2 is 2.20 bits per heavy atom. The fourth-order valence-electron chi connectivity index (χ4n) is 2.19. The number of nitrogens with zero attached hydrogens (tertiary/aromatic N) is 1. The highest BCUT2D eigenvalue weighted by Gasteiger charge is 2.13. The summed E-state index contributed by atoms with van der Waals surface area (Å²) in [5.74, 6) is 0.879. The lowest BCUT2D eigenvalue weighted by Crippen LogP contribution is -2.23. The molecule has 1 aromatic carbocycles. The van der Waals surface area contributed by atoms with Crippen molar-refractivity contribution in [2.45, 2.75) is 19.4 Å². The Hall–Kier alpha value is -1.39. The maximum Gasteiger partial charge on any atom is 0.119 e. The fourth-order valence-corrected chi connectivity index (χ4v) is 2.60. The highest BCUT2D eigenvalue weighted by molar-refractivity contribution is 9.10. The van der Waals surface area contributed by atoms with Gasteiger partial charge in [0.1, 0.15) is 5.75 Å². The molecule has 2 aromatic rings. The average molecular weight is 335 g/mol. The first-order chi connectivity index (χ1) is 9.74. The van der Waals surface area contributed by atoms with Crippen LogP contribution in [0.15, 0.2) is 47.2 Å². The second-order valence-corrected chi connectivity index (χ2v) is 5.41. The van der Waals surface area contributed by atoms with Crippen molar-refractivity contribution in [1.82, 2.24) is 10.3 Å². The van der Waals surface area contributed by atoms with Crippen molar-refractivity contribution in [3.8, 4) is 5.75 Å². The smallest absolute Gasteiger partial charge is 0.119 e. The van der Waals surface area contributed by atoms with Crippen LogP contribution >= 0.6 is 15.9 Å². The van der Waals surface area contributed by atoms with E-state index in [1.807, 2.05) is 24.4 Å². The molecule has 0 aliphatic carbocycles. The lowest BCUT2D eigenvalue weighted by Gasteiger charge is -2.19. The molecule has 1 N–H and O–H groups in total. The van der Waals surface area contributed by atoms with E-state index in [2.05, 4.69) is 45.3 Å². The predicted molar refractivity (Wildman–Crippen MR) is 85.1 cm³/mol. The maximum absolute atomic E-state index is 5.30. The van der Waals surface area contributed by atoms with Crippen LogP contribution in [0.25, 0.3) is 0 Å². The molecule has 1 heterocycles. The van der Waals surface area contributed by atoms with Crippen LogP contribution in [0.2, 0.25) is 0 Å². The Balaban J connectivity index is 2.24. The lowest BCUT2D eigenvalue weighted by atomic mass is 10.00. The van der Waals surface area contributed by atoms with Crippen molar-refractivity contribution < 1.29 is 4.74 Å². The average Bonchev–Trinajstić information content (AvgIpc) is 2.49. The molecular formula is C16H19BrN2O. The zero-order valence-corrected chi connectivity index (χ0v) is 13.4. The summed E-state index contributed by atoms with van der Waals surface area (Å²) >= 11 is 3.61. The first-order valence-electron chi connectivity index (χ1n) is 6.70. The molecule has 1 atom stereocenters. The summed E-state index contributed by atoms with van der Waals surface area (Å²) in [5.41, 5.74) is 2.42. The van der Waals surface area contributed by atoms with E-state index in [1.54, 1.807) is 13.3 Å². The van der Waals surface area contributed by atoms with Gasteiger partial charge in [-0.05, 0) is 48.4 Å². The number of methoxy groups -OCH3 is 1. The molecular weight excluding hydrogens is 316 g/mol. The molecule has 0 amide bonds. The molecule has 0 saturated heterocycles.